The van der Waals surface area contributed by atoms with E-state index in [4.69, 9.17) is 4.74 Å². The zero-order valence-corrected chi connectivity index (χ0v) is 14.0. The Bertz CT molecular complexity index is 878. The van der Waals surface area contributed by atoms with Crippen LogP contribution in [0.2, 0.25) is 0 Å². The number of nitrogens with zero attached hydrogens (tertiary/aromatic N) is 1. The summed E-state index contributed by atoms with van der Waals surface area (Å²) in [5.41, 5.74) is 6.21. The first-order valence-electron chi connectivity index (χ1n) is 8.03. The SMILES string of the molecule is COc1c(C)cc([N+]2([O-])c3ccccc3-c3ccccc32)cc1C. The Labute approximate surface area is 141 Å². The summed E-state index contributed by atoms with van der Waals surface area (Å²) in [4.78, 5) is 0. The number of quaternary nitrogens is 1. The van der Waals surface area contributed by atoms with E-state index in [1.54, 1.807) is 7.11 Å². The average Bonchev–Trinajstić information content (AvgIpc) is 2.86. The molecule has 3 aromatic rings. The predicted octanol–water partition coefficient (Wildman–Crippen LogP) is 5.76. The molecule has 0 radical (unpaired) electrons. The number of para-hydroxylation sites is 2. The van der Waals surface area contributed by atoms with Crippen LogP contribution < -0.4 is 9.38 Å². The molecule has 0 bridgehead atoms. The Kier molecular flexibility index (Phi) is 3.23. The highest BCUT2D eigenvalue weighted by Crippen LogP contribution is 2.57. The fourth-order valence-electron chi connectivity index (χ4n) is 3.79. The highest BCUT2D eigenvalue weighted by molar-refractivity contribution is 5.98. The second-order valence-electron chi connectivity index (χ2n) is 6.26. The predicted molar refractivity (Wildman–Crippen MR) is 98.8 cm³/mol. The van der Waals surface area contributed by atoms with E-state index in [1.165, 1.54) is 0 Å². The lowest BCUT2D eigenvalue weighted by molar-refractivity contribution is 0.408. The van der Waals surface area contributed by atoms with Crippen molar-refractivity contribution >= 4 is 17.1 Å². The molecule has 0 saturated heterocycles. The minimum absolute atomic E-state index is 0.558. The van der Waals surface area contributed by atoms with Crippen molar-refractivity contribution in [3.8, 4) is 16.9 Å². The molecule has 0 atom stereocenters. The monoisotopic (exact) mass is 317 g/mol. The molecule has 0 aromatic heterocycles. The Hall–Kier alpha value is -2.62. The number of hydrogen-bond acceptors (Lipinski definition) is 2. The van der Waals surface area contributed by atoms with Gasteiger partial charge in [0.2, 0.25) is 0 Å². The van der Waals surface area contributed by atoms with E-state index in [0.717, 1.165) is 39.4 Å². The Morgan fingerprint density at radius 3 is 1.71 bits per heavy atom. The van der Waals surface area contributed by atoms with Gasteiger partial charge in [-0.25, -0.2) is 0 Å². The van der Waals surface area contributed by atoms with Gasteiger partial charge in [0.25, 0.3) is 0 Å². The standard InChI is InChI=1S/C21H19NO2/c1-14-12-16(13-15(2)21(14)24-3)22(23)19-10-6-4-8-17(19)18-9-5-7-11-20(18)22/h4-13H,1-3H3. The molecule has 0 amide bonds. The van der Waals surface area contributed by atoms with Crippen LogP contribution in [0.5, 0.6) is 5.75 Å². The summed E-state index contributed by atoms with van der Waals surface area (Å²) < 4.78 is 4.90. The van der Waals surface area contributed by atoms with Gasteiger partial charge in [-0.05, 0) is 37.1 Å². The Balaban J connectivity index is 2.04. The van der Waals surface area contributed by atoms with Gasteiger partial charge in [0.05, 0.1) is 7.11 Å². The van der Waals surface area contributed by atoms with Gasteiger partial charge in [-0.1, -0.05) is 24.3 Å². The van der Waals surface area contributed by atoms with Gasteiger partial charge in [0.15, 0.2) is 11.4 Å². The number of methoxy groups -OCH3 is 1. The third-order valence-electron chi connectivity index (χ3n) is 4.79. The van der Waals surface area contributed by atoms with Gasteiger partial charge in [-0.3, -0.25) is 4.65 Å². The average molecular weight is 317 g/mol. The number of aryl methyl sites for hydroxylation is 2. The summed E-state index contributed by atoms with van der Waals surface area (Å²) in [7, 11) is 1.66. The van der Waals surface area contributed by atoms with E-state index in [2.05, 4.69) is 0 Å². The minimum Gasteiger partial charge on any atom is -0.616 e. The molecule has 0 aliphatic carbocycles. The van der Waals surface area contributed by atoms with Gasteiger partial charge >= 0.3 is 0 Å². The summed E-state index contributed by atoms with van der Waals surface area (Å²) in [5.74, 6) is 0.839. The van der Waals surface area contributed by atoms with E-state index in [9.17, 15) is 5.21 Å². The molecule has 1 heterocycles. The van der Waals surface area contributed by atoms with Crippen LogP contribution in [0.15, 0.2) is 60.7 Å². The lowest BCUT2D eigenvalue weighted by Crippen LogP contribution is -2.29. The van der Waals surface area contributed by atoms with Crippen molar-refractivity contribution in [2.45, 2.75) is 13.8 Å². The molecule has 1 aliphatic heterocycles. The fraction of sp³-hybridized carbons (Fsp3) is 0.143. The molecule has 0 unspecified atom stereocenters. The Morgan fingerprint density at radius 1 is 0.792 bits per heavy atom. The minimum atomic E-state index is -0.558. The molecule has 4 rings (SSSR count). The van der Waals surface area contributed by atoms with Crippen LogP contribution in [0.3, 0.4) is 0 Å². The number of ether oxygens (including phenoxy) is 1. The third kappa shape index (κ3) is 1.86. The number of hydrogen-bond donors (Lipinski definition) is 0. The molecule has 24 heavy (non-hydrogen) atoms. The smallest absolute Gasteiger partial charge is 0.151 e. The van der Waals surface area contributed by atoms with Crippen LogP contribution in [0, 0.1) is 19.1 Å². The molecule has 3 nitrogen and oxygen atoms in total. The topological polar surface area (TPSA) is 32.3 Å². The molecule has 0 saturated carbocycles. The maximum atomic E-state index is 14.1. The number of benzene rings is 3. The van der Waals surface area contributed by atoms with Crippen molar-refractivity contribution in [2.24, 2.45) is 0 Å². The van der Waals surface area contributed by atoms with E-state index in [0.29, 0.717) is 5.69 Å². The second kappa shape index (κ2) is 5.20. The summed E-state index contributed by atoms with van der Waals surface area (Å²) in [6, 6.07) is 19.6. The number of fused-ring (bicyclic) bond motifs is 3. The molecule has 3 heteroatoms. The molecule has 0 N–H and O–H groups in total. The first-order chi connectivity index (χ1) is 11.6. The highest BCUT2D eigenvalue weighted by atomic mass is 16.5. The first-order valence-corrected chi connectivity index (χ1v) is 8.03. The van der Waals surface area contributed by atoms with Gasteiger partial charge in [0.1, 0.15) is 11.4 Å². The largest absolute Gasteiger partial charge is 0.616 e. The highest BCUT2D eigenvalue weighted by Gasteiger charge is 2.39. The third-order valence-corrected chi connectivity index (χ3v) is 4.79. The fourth-order valence-corrected chi connectivity index (χ4v) is 3.79. The van der Waals surface area contributed by atoms with Gasteiger partial charge in [-0.2, -0.15) is 0 Å². The van der Waals surface area contributed by atoms with E-state index < -0.39 is 4.65 Å². The first kappa shape index (κ1) is 14.9. The molecule has 120 valence electrons. The van der Waals surface area contributed by atoms with Crippen LogP contribution in [0.1, 0.15) is 11.1 Å². The van der Waals surface area contributed by atoms with E-state index in [-0.39, 0.29) is 0 Å². The van der Waals surface area contributed by atoms with Crippen molar-refractivity contribution < 1.29 is 4.74 Å². The zero-order chi connectivity index (χ0) is 16.9. The van der Waals surface area contributed by atoms with Crippen molar-refractivity contribution in [3.05, 3.63) is 77.0 Å². The van der Waals surface area contributed by atoms with Crippen molar-refractivity contribution in [1.29, 1.82) is 0 Å². The maximum absolute atomic E-state index is 14.1. The summed E-state index contributed by atoms with van der Waals surface area (Å²) in [6.45, 7) is 3.96. The van der Waals surface area contributed by atoms with Crippen LogP contribution in [0.25, 0.3) is 11.1 Å². The lowest BCUT2D eigenvalue weighted by Gasteiger charge is -2.38. The van der Waals surface area contributed by atoms with Crippen molar-refractivity contribution in [2.75, 3.05) is 7.11 Å². The van der Waals surface area contributed by atoms with Crippen LogP contribution in [0.4, 0.5) is 17.1 Å². The molecular weight excluding hydrogens is 298 g/mol. The molecule has 0 spiro atoms. The lowest BCUT2D eigenvalue weighted by atomic mass is 10.1. The molecular formula is C21H19NO2. The van der Waals surface area contributed by atoms with Crippen LogP contribution in [-0.4, -0.2) is 7.11 Å². The van der Waals surface area contributed by atoms with Crippen LogP contribution in [-0.2, 0) is 0 Å². The van der Waals surface area contributed by atoms with Gasteiger partial charge in [0, 0.05) is 35.4 Å². The maximum Gasteiger partial charge on any atom is 0.151 e. The molecule has 3 aromatic carbocycles. The number of rotatable bonds is 2. The molecule has 0 fully saturated rings. The van der Waals surface area contributed by atoms with Crippen molar-refractivity contribution in [3.63, 3.8) is 0 Å². The zero-order valence-electron chi connectivity index (χ0n) is 14.0. The van der Waals surface area contributed by atoms with E-state index >= 15 is 0 Å². The Morgan fingerprint density at radius 2 is 1.25 bits per heavy atom. The second-order valence-corrected chi connectivity index (χ2v) is 6.26. The summed E-state index contributed by atoms with van der Waals surface area (Å²) in [5, 5.41) is 14.1. The quantitative estimate of drug-likeness (QED) is 0.444. The van der Waals surface area contributed by atoms with Crippen LogP contribution >= 0.6 is 0 Å². The normalized spacial score (nSPS) is 14.2. The molecule has 1 aliphatic rings. The van der Waals surface area contributed by atoms with E-state index in [1.807, 2.05) is 74.5 Å². The van der Waals surface area contributed by atoms with Gasteiger partial charge < -0.3 is 9.94 Å². The summed E-state index contributed by atoms with van der Waals surface area (Å²) >= 11 is 0. The van der Waals surface area contributed by atoms with Crippen molar-refractivity contribution in [1.82, 2.24) is 4.65 Å². The van der Waals surface area contributed by atoms with Gasteiger partial charge in [-0.15, -0.1) is 0 Å². The summed E-state index contributed by atoms with van der Waals surface area (Å²) in [6.07, 6.45) is 0.